The van der Waals surface area contributed by atoms with Crippen molar-refractivity contribution in [2.75, 3.05) is 19.5 Å². The highest BCUT2D eigenvalue weighted by Crippen LogP contribution is 2.34. The summed E-state index contributed by atoms with van der Waals surface area (Å²) in [6, 6.07) is 7.93. The van der Waals surface area contributed by atoms with Crippen LogP contribution in [-0.4, -0.2) is 25.1 Å². The smallest absolute Gasteiger partial charge is 0.226 e. The number of nitrogens with one attached hydrogen (secondary N) is 1. The number of methoxy groups -OCH3 is 2. The molecule has 7 heteroatoms. The molecule has 3 rings (SSSR count). The number of benzene rings is 2. The number of amides is 1. The first kappa shape index (κ1) is 19.6. The summed E-state index contributed by atoms with van der Waals surface area (Å²) in [4.78, 5) is 16.9. The zero-order valence-electron chi connectivity index (χ0n) is 15.7. The van der Waals surface area contributed by atoms with E-state index in [1.54, 1.807) is 14.2 Å². The Morgan fingerprint density at radius 1 is 1.15 bits per heavy atom. The number of anilines is 1. The number of thiazole rings is 1. The van der Waals surface area contributed by atoms with Crippen LogP contribution in [0.3, 0.4) is 0 Å². The highest BCUT2D eigenvalue weighted by molar-refractivity contribution is 9.10. The number of hydrogen-bond acceptors (Lipinski definition) is 5. The van der Waals surface area contributed by atoms with Crippen molar-refractivity contribution in [3.63, 3.8) is 0 Å². The number of fused-ring (bicyclic) bond motifs is 1. The lowest BCUT2D eigenvalue weighted by atomic mass is 10.1. The van der Waals surface area contributed by atoms with Gasteiger partial charge >= 0.3 is 0 Å². The Hall–Kier alpha value is -2.12. The molecule has 0 spiro atoms. The second-order valence-electron chi connectivity index (χ2n) is 6.29. The van der Waals surface area contributed by atoms with E-state index in [4.69, 9.17) is 9.47 Å². The fourth-order valence-corrected chi connectivity index (χ4v) is 4.52. The molecule has 0 radical (unpaired) electrons. The summed E-state index contributed by atoms with van der Waals surface area (Å²) in [5, 5.41) is 3.55. The van der Waals surface area contributed by atoms with Crippen molar-refractivity contribution in [1.29, 1.82) is 0 Å². The molecular formula is C20H21BrN2O3S. The topological polar surface area (TPSA) is 60.5 Å². The third-order valence-electron chi connectivity index (χ3n) is 4.25. The number of hydrogen-bond donors (Lipinski definition) is 1. The Kier molecular flexibility index (Phi) is 6.01. The van der Waals surface area contributed by atoms with Crippen molar-refractivity contribution in [2.45, 2.75) is 26.7 Å². The lowest BCUT2D eigenvalue weighted by Crippen LogP contribution is -2.12. The molecule has 0 saturated carbocycles. The van der Waals surface area contributed by atoms with Crippen molar-refractivity contribution in [3.05, 3.63) is 45.4 Å². The molecule has 0 atom stereocenters. The largest absolute Gasteiger partial charge is 0.493 e. The lowest BCUT2D eigenvalue weighted by Gasteiger charge is -2.11. The molecular weight excluding hydrogens is 428 g/mol. The minimum absolute atomic E-state index is 0.0647. The van der Waals surface area contributed by atoms with E-state index in [9.17, 15) is 4.79 Å². The molecule has 0 unspecified atom stereocenters. The van der Waals surface area contributed by atoms with Gasteiger partial charge in [-0.05, 0) is 55.2 Å². The molecule has 0 aliphatic carbocycles. The van der Waals surface area contributed by atoms with Crippen molar-refractivity contribution in [1.82, 2.24) is 4.98 Å². The van der Waals surface area contributed by atoms with Crippen LogP contribution < -0.4 is 14.8 Å². The molecule has 1 aromatic heterocycles. The quantitative estimate of drug-likeness (QED) is 0.558. The highest BCUT2D eigenvalue weighted by Gasteiger charge is 2.13. The van der Waals surface area contributed by atoms with Gasteiger partial charge in [0.15, 0.2) is 16.6 Å². The van der Waals surface area contributed by atoms with E-state index in [1.165, 1.54) is 16.9 Å². The highest BCUT2D eigenvalue weighted by atomic mass is 79.9. The predicted octanol–water partition coefficient (Wildman–Crippen LogP) is 5.26. The molecule has 0 aliphatic rings. The number of rotatable bonds is 6. The van der Waals surface area contributed by atoms with Crippen molar-refractivity contribution in [2.24, 2.45) is 0 Å². The van der Waals surface area contributed by atoms with Crippen LogP contribution in [0.15, 0.2) is 28.7 Å². The third kappa shape index (κ3) is 4.42. The summed E-state index contributed by atoms with van der Waals surface area (Å²) in [5.41, 5.74) is 4.25. The first-order chi connectivity index (χ1) is 12.9. The van der Waals surface area contributed by atoms with Gasteiger partial charge < -0.3 is 14.8 Å². The maximum Gasteiger partial charge on any atom is 0.226 e. The summed E-state index contributed by atoms with van der Waals surface area (Å²) in [5.74, 6) is 1.23. The van der Waals surface area contributed by atoms with Crippen molar-refractivity contribution >= 4 is 48.5 Å². The Bertz CT molecular complexity index is 1000. The fourth-order valence-electron chi connectivity index (χ4n) is 2.94. The second kappa shape index (κ2) is 8.27. The van der Waals surface area contributed by atoms with E-state index in [0.29, 0.717) is 29.5 Å². The molecule has 1 heterocycles. The van der Waals surface area contributed by atoms with Crippen LogP contribution in [0, 0.1) is 13.8 Å². The average molecular weight is 449 g/mol. The van der Waals surface area contributed by atoms with Crippen LogP contribution in [0.25, 0.3) is 10.2 Å². The maximum absolute atomic E-state index is 12.4. The van der Waals surface area contributed by atoms with Crippen molar-refractivity contribution < 1.29 is 14.3 Å². The zero-order chi connectivity index (χ0) is 19.6. The summed E-state index contributed by atoms with van der Waals surface area (Å²) in [6.45, 7) is 4.10. The maximum atomic E-state index is 12.4. The average Bonchev–Trinajstić information content (AvgIpc) is 3.02. The van der Waals surface area contributed by atoms with E-state index >= 15 is 0 Å². The van der Waals surface area contributed by atoms with Gasteiger partial charge in [0.05, 0.1) is 24.4 Å². The minimum Gasteiger partial charge on any atom is -0.493 e. The van der Waals surface area contributed by atoms with Crippen LogP contribution in [0.2, 0.25) is 0 Å². The molecule has 27 heavy (non-hydrogen) atoms. The number of nitrogens with zero attached hydrogens (tertiary/aromatic N) is 1. The Labute approximate surface area is 170 Å². The summed E-state index contributed by atoms with van der Waals surface area (Å²) >= 11 is 5.03. The third-order valence-corrected chi connectivity index (χ3v) is 5.91. The second-order valence-corrected chi connectivity index (χ2v) is 8.18. The van der Waals surface area contributed by atoms with Gasteiger partial charge in [0.1, 0.15) is 0 Å². The molecule has 5 nitrogen and oxygen atoms in total. The number of ether oxygens (including phenoxy) is 2. The van der Waals surface area contributed by atoms with Crippen LogP contribution in [0.1, 0.15) is 23.1 Å². The normalized spacial score (nSPS) is 10.9. The molecule has 1 N–H and O–H groups in total. The van der Waals surface area contributed by atoms with E-state index < -0.39 is 0 Å². The molecule has 1 amide bonds. The van der Waals surface area contributed by atoms with E-state index in [-0.39, 0.29) is 5.91 Å². The van der Waals surface area contributed by atoms with Crippen LogP contribution >= 0.6 is 27.3 Å². The van der Waals surface area contributed by atoms with Gasteiger partial charge in [0, 0.05) is 10.9 Å². The Morgan fingerprint density at radius 3 is 2.56 bits per heavy atom. The van der Waals surface area contributed by atoms with Gasteiger partial charge in [-0.15, -0.1) is 0 Å². The van der Waals surface area contributed by atoms with Gasteiger partial charge in [-0.25, -0.2) is 4.98 Å². The molecule has 3 aromatic rings. The number of aryl methyl sites for hydroxylation is 3. The van der Waals surface area contributed by atoms with E-state index in [0.717, 1.165) is 25.8 Å². The molecule has 0 bridgehead atoms. The number of carbonyl (C=O) groups excluding carboxylic acids is 1. The SMILES string of the molecule is COc1cc(Br)c(CCC(=O)Nc2nc3c(C)cc(C)cc3s2)cc1OC. The van der Waals surface area contributed by atoms with Crippen molar-refractivity contribution in [3.8, 4) is 11.5 Å². The number of carbonyl (C=O) groups is 1. The Morgan fingerprint density at radius 2 is 1.85 bits per heavy atom. The minimum atomic E-state index is -0.0647. The molecule has 0 saturated heterocycles. The van der Waals surface area contributed by atoms with E-state index in [1.807, 2.05) is 19.1 Å². The van der Waals surface area contributed by atoms with Gasteiger partial charge in [0.25, 0.3) is 0 Å². The summed E-state index contributed by atoms with van der Waals surface area (Å²) < 4.78 is 12.6. The van der Waals surface area contributed by atoms with E-state index in [2.05, 4.69) is 45.3 Å². The number of halogens is 1. The van der Waals surface area contributed by atoms with Gasteiger partial charge in [0.2, 0.25) is 5.91 Å². The summed E-state index contributed by atoms with van der Waals surface area (Å²) in [6.07, 6.45) is 0.928. The summed E-state index contributed by atoms with van der Waals surface area (Å²) in [7, 11) is 3.19. The fraction of sp³-hybridized carbons (Fsp3) is 0.300. The lowest BCUT2D eigenvalue weighted by molar-refractivity contribution is -0.116. The predicted molar refractivity (Wildman–Crippen MR) is 113 cm³/mol. The monoisotopic (exact) mass is 448 g/mol. The standard InChI is InChI=1S/C20H21BrN2O3S/c1-11-7-12(2)19-17(8-11)27-20(23-19)22-18(24)6-5-13-9-15(25-3)16(26-4)10-14(13)21/h7-10H,5-6H2,1-4H3,(H,22,23,24). The molecule has 142 valence electrons. The van der Waals surface area contributed by atoms with Gasteiger partial charge in [-0.1, -0.05) is 33.3 Å². The van der Waals surface area contributed by atoms with Crippen LogP contribution in [0.4, 0.5) is 5.13 Å². The first-order valence-electron chi connectivity index (χ1n) is 8.49. The van der Waals surface area contributed by atoms with Gasteiger partial charge in [-0.2, -0.15) is 0 Å². The van der Waals surface area contributed by atoms with Crippen LogP contribution in [-0.2, 0) is 11.2 Å². The Balaban J connectivity index is 1.69. The molecule has 2 aromatic carbocycles. The zero-order valence-corrected chi connectivity index (χ0v) is 18.1. The first-order valence-corrected chi connectivity index (χ1v) is 10.1. The molecule has 0 aliphatic heterocycles. The van der Waals surface area contributed by atoms with Gasteiger partial charge in [-0.3, -0.25) is 4.79 Å². The molecule has 0 fully saturated rings. The number of aromatic nitrogens is 1. The van der Waals surface area contributed by atoms with Crippen LogP contribution in [0.5, 0.6) is 11.5 Å².